The van der Waals surface area contributed by atoms with Gasteiger partial charge in [0.05, 0.1) is 5.22 Å². The smallest absolute Gasteiger partial charge is 0.321 e. The van der Waals surface area contributed by atoms with Crippen LogP contribution in [0, 0.1) is 0 Å². The van der Waals surface area contributed by atoms with Crippen molar-refractivity contribution in [1.29, 1.82) is 0 Å². The molecule has 0 amide bonds. The maximum Gasteiger partial charge on any atom is 0.321 e. The molecule has 1 atom stereocenters. The third-order valence-corrected chi connectivity index (χ3v) is 18.8. The van der Waals surface area contributed by atoms with Gasteiger partial charge in [-0.2, -0.15) is 0 Å². The van der Waals surface area contributed by atoms with Gasteiger partial charge in [-0.25, -0.2) is 0 Å². The minimum Gasteiger partial charge on any atom is -0.508 e. The van der Waals surface area contributed by atoms with Crippen molar-refractivity contribution in [2.75, 3.05) is 0 Å². The Bertz CT molecular complexity index is 665. The van der Waals surface area contributed by atoms with Gasteiger partial charge in [0.15, 0.2) is 16.6 Å². The second-order valence-corrected chi connectivity index (χ2v) is 28.4. The Morgan fingerprint density at radius 2 is 1.34 bits per heavy atom. The van der Waals surface area contributed by atoms with Crippen molar-refractivity contribution < 1.29 is 17.8 Å². The van der Waals surface area contributed by atoms with Gasteiger partial charge >= 0.3 is 8.56 Å². The highest BCUT2D eigenvalue weighted by atomic mass is 28.4. The number of rotatable bonds is 11. The molecule has 0 bridgehead atoms. The second-order valence-electron chi connectivity index (χ2n) is 11.2. The van der Waals surface area contributed by atoms with Crippen molar-refractivity contribution in [2.45, 2.75) is 96.9 Å². The molecule has 1 aromatic carbocycles. The number of phenolic OH excluding ortho intramolecular Hbond substituents is 1. The van der Waals surface area contributed by atoms with Crippen molar-refractivity contribution in [3.05, 3.63) is 29.8 Å². The third-order valence-electron chi connectivity index (χ3n) is 4.95. The summed E-state index contributed by atoms with van der Waals surface area (Å²) in [4.78, 5) is 0. The maximum absolute atomic E-state index is 10.1. The summed E-state index contributed by atoms with van der Waals surface area (Å²) in [6, 6.07) is 8.62. The van der Waals surface area contributed by atoms with E-state index in [0.717, 1.165) is 24.4 Å². The zero-order valence-corrected chi connectivity index (χ0v) is 24.6. The first-order valence-electron chi connectivity index (χ1n) is 10.7. The zero-order valence-electron chi connectivity index (χ0n) is 20.6. The van der Waals surface area contributed by atoms with Crippen LogP contribution in [0.3, 0.4) is 0 Å². The molecule has 1 N–H and O–H groups in total. The number of benzene rings is 1. The van der Waals surface area contributed by atoms with Crippen LogP contribution in [0.1, 0.15) is 25.8 Å². The number of para-hydroxylation sites is 1. The summed E-state index contributed by atoms with van der Waals surface area (Å²) in [5, 5.41) is 9.76. The topological polar surface area (TPSA) is 47.9 Å². The fraction of sp³-hybridized carbons (Fsp3) is 0.714. The van der Waals surface area contributed by atoms with Gasteiger partial charge in [0.2, 0.25) is 8.32 Å². The van der Waals surface area contributed by atoms with E-state index in [9.17, 15) is 5.11 Å². The van der Waals surface area contributed by atoms with Gasteiger partial charge in [-0.3, -0.25) is 0 Å². The van der Waals surface area contributed by atoms with Crippen molar-refractivity contribution in [3.63, 3.8) is 0 Å². The molecule has 0 spiro atoms. The second kappa shape index (κ2) is 9.50. The zero-order chi connectivity index (χ0) is 22.7. The van der Waals surface area contributed by atoms with Gasteiger partial charge in [0.25, 0.3) is 0 Å². The molecule has 0 heterocycles. The Balaban J connectivity index is 3.02. The van der Waals surface area contributed by atoms with E-state index in [0.29, 0.717) is 5.75 Å². The first-order chi connectivity index (χ1) is 12.9. The molecular formula is C21H44O4Si4. The molecule has 168 valence electrons. The molecule has 0 saturated carbocycles. The highest BCUT2D eigenvalue weighted by Gasteiger charge is 2.51. The average molecular weight is 473 g/mol. The Morgan fingerprint density at radius 1 is 0.828 bits per heavy atom. The summed E-state index contributed by atoms with van der Waals surface area (Å²) < 4.78 is 20.2. The quantitative estimate of drug-likeness (QED) is 0.367. The molecule has 0 aliphatic carbocycles. The lowest BCUT2D eigenvalue weighted by Crippen LogP contribution is -2.64. The molecule has 1 aromatic rings. The van der Waals surface area contributed by atoms with Crippen LogP contribution in [0.25, 0.3) is 0 Å². The summed E-state index contributed by atoms with van der Waals surface area (Å²) in [7, 11) is -7.95. The van der Waals surface area contributed by atoms with Crippen LogP contribution in [0.2, 0.25) is 65.0 Å². The number of phenols is 1. The van der Waals surface area contributed by atoms with E-state index in [1.54, 1.807) is 6.07 Å². The molecule has 0 aromatic heterocycles. The van der Waals surface area contributed by atoms with Gasteiger partial charge in [-0.15, -0.1) is 0 Å². The lowest BCUT2D eigenvalue weighted by Gasteiger charge is -2.49. The molecule has 0 aliphatic heterocycles. The molecule has 4 nitrogen and oxygen atoms in total. The van der Waals surface area contributed by atoms with Gasteiger partial charge in [0.1, 0.15) is 5.75 Å². The van der Waals surface area contributed by atoms with Gasteiger partial charge in [0, 0.05) is 0 Å². The van der Waals surface area contributed by atoms with E-state index in [4.69, 9.17) is 12.7 Å². The fourth-order valence-corrected chi connectivity index (χ4v) is 21.1. The standard InChI is InChI=1S/C21H44O4Si4/c1-21(2,23-28(9,10)24-26(3,4)5)29(11,25-27(6,7)8)18-14-16-19-15-12-13-17-20(19)22/h12-13,15,17,22H,14,16,18H2,1-11H3. The summed E-state index contributed by atoms with van der Waals surface area (Å²) in [6.45, 7) is 24.5. The van der Waals surface area contributed by atoms with Gasteiger partial charge < -0.3 is 17.8 Å². The summed E-state index contributed by atoms with van der Waals surface area (Å²) in [6.07, 6.45) is 1.83. The van der Waals surface area contributed by atoms with Crippen LogP contribution in [0.4, 0.5) is 0 Å². The summed E-state index contributed by atoms with van der Waals surface area (Å²) in [5.74, 6) is 0.384. The molecular weight excluding hydrogens is 429 g/mol. The Morgan fingerprint density at radius 3 is 1.83 bits per heavy atom. The summed E-state index contributed by atoms with van der Waals surface area (Å²) in [5.41, 5.74) is 1.01. The van der Waals surface area contributed by atoms with E-state index < -0.39 is 33.5 Å². The van der Waals surface area contributed by atoms with Crippen LogP contribution in [-0.2, 0) is 19.1 Å². The monoisotopic (exact) mass is 472 g/mol. The fourth-order valence-electron chi connectivity index (χ4n) is 3.97. The highest BCUT2D eigenvalue weighted by Crippen LogP contribution is 2.36. The number of hydrogen-bond donors (Lipinski definition) is 1. The van der Waals surface area contributed by atoms with Crippen molar-refractivity contribution >= 4 is 33.5 Å². The van der Waals surface area contributed by atoms with Gasteiger partial charge in [-0.05, 0) is 103 Å². The molecule has 0 saturated heterocycles. The number of aromatic hydroxyl groups is 1. The third kappa shape index (κ3) is 9.20. The maximum atomic E-state index is 10.1. The largest absolute Gasteiger partial charge is 0.508 e. The first kappa shape index (κ1) is 26.8. The molecule has 29 heavy (non-hydrogen) atoms. The molecule has 0 aliphatic rings. The van der Waals surface area contributed by atoms with E-state index in [2.05, 4.69) is 72.8 Å². The average Bonchev–Trinajstić information content (AvgIpc) is 2.43. The van der Waals surface area contributed by atoms with E-state index in [1.807, 2.05) is 18.2 Å². The normalized spacial score (nSPS) is 16.0. The van der Waals surface area contributed by atoms with Crippen molar-refractivity contribution in [3.8, 4) is 5.75 Å². The van der Waals surface area contributed by atoms with Crippen molar-refractivity contribution in [2.24, 2.45) is 0 Å². The predicted molar refractivity (Wildman–Crippen MR) is 134 cm³/mol. The minimum absolute atomic E-state index is 0.346. The molecule has 0 radical (unpaired) electrons. The van der Waals surface area contributed by atoms with Crippen LogP contribution in [-0.4, -0.2) is 43.8 Å². The lowest BCUT2D eigenvalue weighted by molar-refractivity contribution is 0.123. The minimum atomic E-state index is -2.28. The number of hydrogen-bond acceptors (Lipinski definition) is 4. The van der Waals surface area contributed by atoms with Crippen LogP contribution in [0.15, 0.2) is 24.3 Å². The predicted octanol–water partition coefficient (Wildman–Crippen LogP) is 6.64. The molecule has 0 fully saturated rings. The van der Waals surface area contributed by atoms with Crippen LogP contribution in [0.5, 0.6) is 5.75 Å². The van der Waals surface area contributed by atoms with Crippen molar-refractivity contribution in [1.82, 2.24) is 0 Å². The van der Waals surface area contributed by atoms with E-state index in [1.165, 1.54) is 0 Å². The molecule has 1 unspecified atom stereocenters. The van der Waals surface area contributed by atoms with E-state index >= 15 is 0 Å². The molecule has 8 heteroatoms. The Labute approximate surface area is 183 Å². The summed E-state index contributed by atoms with van der Waals surface area (Å²) >= 11 is 0. The first-order valence-corrected chi connectivity index (χ1v) is 23.0. The Kier molecular flexibility index (Phi) is 8.78. The van der Waals surface area contributed by atoms with Gasteiger partial charge in [-0.1, -0.05) is 18.2 Å². The Hall–Kier alpha value is -0.232. The van der Waals surface area contributed by atoms with Crippen LogP contribution < -0.4 is 0 Å². The molecule has 1 rings (SSSR count). The van der Waals surface area contributed by atoms with Crippen LogP contribution >= 0.6 is 0 Å². The van der Waals surface area contributed by atoms with E-state index in [-0.39, 0.29) is 5.22 Å². The number of aryl methyl sites for hydroxylation is 1. The SMILES string of the molecule is CC(C)(O[Si](C)(C)O[Si](C)(C)C)[Si](C)(CCCc1ccccc1O)O[Si](C)(C)C. The lowest BCUT2D eigenvalue weighted by atomic mass is 10.1. The highest BCUT2D eigenvalue weighted by molar-refractivity contribution is 6.87.